The first kappa shape index (κ1) is 11.2. The Kier molecular flexibility index (Phi) is 3.60. The highest BCUT2D eigenvalue weighted by molar-refractivity contribution is 5.81. The van der Waals surface area contributed by atoms with Gasteiger partial charge in [-0.25, -0.2) is 0 Å². The van der Waals surface area contributed by atoms with E-state index in [9.17, 15) is 4.79 Å². The highest BCUT2D eigenvalue weighted by Gasteiger charge is 2.32. The van der Waals surface area contributed by atoms with Crippen LogP contribution in [-0.4, -0.2) is 17.4 Å². The highest BCUT2D eigenvalue weighted by atomic mass is 16.2. The van der Waals surface area contributed by atoms with E-state index >= 15 is 0 Å². The predicted molar refractivity (Wildman–Crippen MR) is 64.9 cm³/mol. The van der Waals surface area contributed by atoms with Gasteiger partial charge in [-0.05, 0) is 24.8 Å². The van der Waals surface area contributed by atoms with E-state index in [1.165, 1.54) is 5.56 Å². The van der Waals surface area contributed by atoms with Crippen LogP contribution in [0.5, 0.6) is 0 Å². The number of nitrogens with zero attached hydrogens (tertiary/aromatic N) is 1. The number of hydrogen-bond acceptors (Lipinski definition) is 1. The average Bonchev–Trinajstić information content (AvgIpc) is 3.13. The quantitative estimate of drug-likeness (QED) is 0.742. The first-order chi connectivity index (χ1) is 7.81. The molecule has 1 aromatic rings. The largest absolute Gasteiger partial charge is 0.338 e. The summed E-state index contributed by atoms with van der Waals surface area (Å²) in [5, 5.41) is 0. The van der Waals surface area contributed by atoms with Gasteiger partial charge in [0.15, 0.2) is 0 Å². The zero-order valence-electron chi connectivity index (χ0n) is 9.86. The van der Waals surface area contributed by atoms with Crippen molar-refractivity contribution in [2.24, 2.45) is 5.92 Å². The lowest BCUT2D eigenvalue weighted by molar-refractivity contribution is -0.133. The van der Waals surface area contributed by atoms with Crippen molar-refractivity contribution >= 4 is 5.91 Å². The Labute approximate surface area is 97.3 Å². The Hall–Kier alpha value is -1.31. The molecule has 2 rings (SSSR count). The molecule has 0 N–H and O–H groups in total. The van der Waals surface area contributed by atoms with Gasteiger partial charge in [0, 0.05) is 19.0 Å². The number of rotatable bonds is 5. The van der Waals surface area contributed by atoms with Crippen molar-refractivity contribution in [3.8, 4) is 0 Å². The zero-order chi connectivity index (χ0) is 11.4. The molecule has 1 aliphatic carbocycles. The van der Waals surface area contributed by atoms with Crippen LogP contribution in [0.2, 0.25) is 0 Å². The molecule has 1 fully saturated rings. The third-order valence-electron chi connectivity index (χ3n) is 2.95. The Morgan fingerprint density at radius 2 is 2.00 bits per heavy atom. The van der Waals surface area contributed by atoms with Crippen molar-refractivity contribution < 1.29 is 4.79 Å². The summed E-state index contributed by atoms with van der Waals surface area (Å²) in [6.07, 6.45) is 3.22. The summed E-state index contributed by atoms with van der Waals surface area (Å²) in [5.74, 6) is 0.681. The first-order valence-corrected chi connectivity index (χ1v) is 6.14. The zero-order valence-corrected chi connectivity index (χ0v) is 9.86. The van der Waals surface area contributed by atoms with Crippen LogP contribution in [0.15, 0.2) is 30.3 Å². The van der Waals surface area contributed by atoms with E-state index in [4.69, 9.17) is 0 Å². The normalized spacial score (nSPS) is 14.8. The van der Waals surface area contributed by atoms with Gasteiger partial charge in [0.2, 0.25) is 5.91 Å². The second-order valence-electron chi connectivity index (χ2n) is 4.52. The Morgan fingerprint density at radius 1 is 1.31 bits per heavy atom. The molecule has 2 nitrogen and oxygen atoms in total. The Balaban J connectivity index is 1.99. The molecule has 0 aromatic heterocycles. The molecule has 0 spiro atoms. The number of amides is 1. The van der Waals surface area contributed by atoms with Crippen molar-refractivity contribution in [3.63, 3.8) is 0 Å². The standard InChI is InChI=1S/C14H19NO/c1-2-10-15(14(16)13-8-9-13)11-12-6-4-3-5-7-12/h3-7,13H,2,8-11H2,1H3. The molecule has 2 heteroatoms. The molecule has 16 heavy (non-hydrogen) atoms. The molecule has 0 bridgehead atoms. The van der Waals surface area contributed by atoms with Gasteiger partial charge in [0.1, 0.15) is 0 Å². The van der Waals surface area contributed by atoms with Crippen LogP contribution in [0.3, 0.4) is 0 Å². The highest BCUT2D eigenvalue weighted by Crippen LogP contribution is 2.31. The number of hydrogen-bond donors (Lipinski definition) is 0. The predicted octanol–water partition coefficient (Wildman–Crippen LogP) is 2.84. The van der Waals surface area contributed by atoms with Crippen LogP contribution in [-0.2, 0) is 11.3 Å². The fraction of sp³-hybridized carbons (Fsp3) is 0.500. The summed E-state index contributed by atoms with van der Waals surface area (Å²) in [7, 11) is 0. The van der Waals surface area contributed by atoms with Gasteiger partial charge in [-0.2, -0.15) is 0 Å². The van der Waals surface area contributed by atoms with Crippen molar-refractivity contribution in [3.05, 3.63) is 35.9 Å². The van der Waals surface area contributed by atoms with Gasteiger partial charge in [-0.3, -0.25) is 4.79 Å². The van der Waals surface area contributed by atoms with Crippen molar-refractivity contribution in [1.82, 2.24) is 4.90 Å². The van der Waals surface area contributed by atoms with Gasteiger partial charge in [0.25, 0.3) is 0 Å². The third kappa shape index (κ3) is 2.84. The fourth-order valence-corrected chi connectivity index (χ4v) is 1.93. The van der Waals surface area contributed by atoms with Gasteiger partial charge in [0.05, 0.1) is 0 Å². The molecule has 1 saturated carbocycles. The molecule has 0 saturated heterocycles. The van der Waals surface area contributed by atoms with E-state index < -0.39 is 0 Å². The van der Waals surface area contributed by atoms with E-state index in [0.717, 1.165) is 32.4 Å². The summed E-state index contributed by atoms with van der Waals surface area (Å²) in [6.45, 7) is 3.77. The molecule has 0 aliphatic heterocycles. The number of carbonyl (C=O) groups is 1. The lowest BCUT2D eigenvalue weighted by Crippen LogP contribution is -2.32. The van der Waals surface area contributed by atoms with E-state index in [2.05, 4.69) is 19.1 Å². The maximum atomic E-state index is 12.0. The summed E-state index contributed by atoms with van der Waals surface area (Å²) in [6, 6.07) is 10.2. The van der Waals surface area contributed by atoms with Crippen LogP contribution in [0.4, 0.5) is 0 Å². The molecular formula is C14H19NO. The second-order valence-corrected chi connectivity index (χ2v) is 4.52. The van der Waals surface area contributed by atoms with Crippen LogP contribution >= 0.6 is 0 Å². The van der Waals surface area contributed by atoms with Crippen LogP contribution in [0, 0.1) is 5.92 Å². The van der Waals surface area contributed by atoms with Crippen LogP contribution in [0.25, 0.3) is 0 Å². The van der Waals surface area contributed by atoms with Gasteiger partial charge >= 0.3 is 0 Å². The average molecular weight is 217 g/mol. The molecule has 1 amide bonds. The summed E-state index contributed by atoms with van der Waals surface area (Å²) in [4.78, 5) is 14.0. The van der Waals surface area contributed by atoms with Crippen molar-refractivity contribution in [1.29, 1.82) is 0 Å². The number of carbonyl (C=O) groups excluding carboxylic acids is 1. The van der Waals surface area contributed by atoms with E-state index in [1.807, 2.05) is 23.1 Å². The molecule has 0 atom stereocenters. The van der Waals surface area contributed by atoms with Crippen LogP contribution < -0.4 is 0 Å². The van der Waals surface area contributed by atoms with E-state index in [0.29, 0.717) is 11.8 Å². The first-order valence-electron chi connectivity index (χ1n) is 6.14. The van der Waals surface area contributed by atoms with Gasteiger partial charge < -0.3 is 4.90 Å². The van der Waals surface area contributed by atoms with E-state index in [-0.39, 0.29) is 0 Å². The van der Waals surface area contributed by atoms with Gasteiger partial charge in [-0.1, -0.05) is 37.3 Å². The Bertz CT molecular complexity index is 343. The lowest BCUT2D eigenvalue weighted by atomic mass is 10.2. The molecule has 0 unspecified atom stereocenters. The summed E-state index contributed by atoms with van der Waals surface area (Å²) in [5.41, 5.74) is 1.23. The molecule has 0 radical (unpaired) electrons. The minimum absolute atomic E-state index is 0.329. The van der Waals surface area contributed by atoms with Crippen LogP contribution in [0.1, 0.15) is 31.7 Å². The number of benzene rings is 1. The van der Waals surface area contributed by atoms with Crippen molar-refractivity contribution in [2.45, 2.75) is 32.7 Å². The maximum Gasteiger partial charge on any atom is 0.225 e. The third-order valence-corrected chi connectivity index (χ3v) is 2.95. The second kappa shape index (κ2) is 5.15. The molecule has 1 aliphatic rings. The maximum absolute atomic E-state index is 12.0. The topological polar surface area (TPSA) is 20.3 Å². The molecule has 86 valence electrons. The minimum Gasteiger partial charge on any atom is -0.338 e. The summed E-state index contributed by atoms with van der Waals surface area (Å²) < 4.78 is 0. The smallest absolute Gasteiger partial charge is 0.225 e. The van der Waals surface area contributed by atoms with Gasteiger partial charge in [-0.15, -0.1) is 0 Å². The van der Waals surface area contributed by atoms with Crippen molar-refractivity contribution in [2.75, 3.05) is 6.54 Å². The molecule has 0 heterocycles. The fourth-order valence-electron chi connectivity index (χ4n) is 1.93. The minimum atomic E-state index is 0.329. The van der Waals surface area contributed by atoms with E-state index in [1.54, 1.807) is 0 Å². The molecular weight excluding hydrogens is 198 g/mol. The molecule has 1 aromatic carbocycles. The summed E-state index contributed by atoms with van der Waals surface area (Å²) >= 11 is 0. The lowest BCUT2D eigenvalue weighted by Gasteiger charge is -2.22. The Morgan fingerprint density at radius 3 is 2.56 bits per heavy atom. The SMILES string of the molecule is CCCN(Cc1ccccc1)C(=O)C1CC1. The monoisotopic (exact) mass is 217 g/mol.